The second kappa shape index (κ2) is 11.1. The molecule has 1 N–H and O–H groups in total. The molecule has 1 atom stereocenters. The van der Waals surface area contributed by atoms with Crippen LogP contribution in [-0.4, -0.2) is 78.6 Å². The number of anilines is 1. The van der Waals surface area contributed by atoms with Gasteiger partial charge in [0.25, 0.3) is 0 Å². The monoisotopic (exact) mass is 527 g/mol. The van der Waals surface area contributed by atoms with Crippen molar-refractivity contribution in [2.75, 3.05) is 57.8 Å². The molecule has 2 aliphatic rings. The molecule has 0 spiro atoms. The Morgan fingerprint density at radius 1 is 1.10 bits per heavy atom. The fraction of sp³-hybridized carbons (Fsp3) is 0.550. The Balaban J connectivity index is 0.00000240. The molecule has 0 saturated carbocycles. The minimum absolute atomic E-state index is 0. The third kappa shape index (κ3) is 5.58. The van der Waals surface area contributed by atoms with E-state index in [-0.39, 0.29) is 24.0 Å². The normalized spacial score (nSPS) is 19.1. The lowest BCUT2D eigenvalue weighted by Crippen LogP contribution is -2.53. The van der Waals surface area contributed by atoms with E-state index >= 15 is 0 Å². The summed E-state index contributed by atoms with van der Waals surface area (Å²) < 4.78 is 0. The average Bonchev–Trinajstić information content (AvgIpc) is 3.47. The SMILES string of the molecule is CN=C(NCC(c1cccs1)N1CCCC1)N1CCN(c2ncccn2)CC1.I. The topological polar surface area (TPSA) is 59.9 Å². The van der Waals surface area contributed by atoms with Crippen LogP contribution in [0.15, 0.2) is 41.0 Å². The number of hydrogen-bond donors (Lipinski definition) is 1. The Morgan fingerprint density at radius 3 is 2.45 bits per heavy atom. The molecule has 0 aromatic carbocycles. The van der Waals surface area contributed by atoms with Gasteiger partial charge in [0.1, 0.15) is 0 Å². The van der Waals surface area contributed by atoms with Crippen molar-refractivity contribution in [3.8, 4) is 0 Å². The van der Waals surface area contributed by atoms with Gasteiger partial charge in [-0.05, 0) is 43.4 Å². The lowest BCUT2D eigenvalue weighted by Gasteiger charge is -2.37. The molecule has 0 bridgehead atoms. The summed E-state index contributed by atoms with van der Waals surface area (Å²) in [6.07, 6.45) is 6.22. The van der Waals surface area contributed by atoms with E-state index in [1.54, 1.807) is 12.4 Å². The molecular formula is C20H30IN7S. The van der Waals surface area contributed by atoms with Crippen molar-refractivity contribution >= 4 is 47.2 Å². The van der Waals surface area contributed by atoms with Crippen LogP contribution < -0.4 is 10.2 Å². The Kier molecular flexibility index (Phi) is 8.49. The molecule has 1 unspecified atom stereocenters. The summed E-state index contributed by atoms with van der Waals surface area (Å²) in [6.45, 7) is 6.94. The average molecular weight is 527 g/mol. The molecule has 2 aliphatic heterocycles. The number of hydrogen-bond acceptors (Lipinski definition) is 6. The van der Waals surface area contributed by atoms with Gasteiger partial charge in [-0.15, -0.1) is 35.3 Å². The van der Waals surface area contributed by atoms with Gasteiger partial charge < -0.3 is 15.1 Å². The van der Waals surface area contributed by atoms with E-state index in [9.17, 15) is 0 Å². The Labute approximate surface area is 194 Å². The lowest BCUT2D eigenvalue weighted by molar-refractivity contribution is 0.246. The van der Waals surface area contributed by atoms with Crippen molar-refractivity contribution in [2.24, 2.45) is 4.99 Å². The van der Waals surface area contributed by atoms with Gasteiger partial charge in [0, 0.05) is 57.0 Å². The van der Waals surface area contributed by atoms with Crippen LogP contribution in [0, 0.1) is 0 Å². The molecule has 0 amide bonds. The van der Waals surface area contributed by atoms with E-state index in [0.29, 0.717) is 6.04 Å². The minimum Gasteiger partial charge on any atom is -0.354 e. The summed E-state index contributed by atoms with van der Waals surface area (Å²) in [6, 6.07) is 6.70. The third-order valence-corrected chi connectivity index (χ3v) is 6.51. The zero-order valence-corrected chi connectivity index (χ0v) is 20.1. The number of likely N-dealkylation sites (tertiary alicyclic amines) is 1. The van der Waals surface area contributed by atoms with E-state index in [0.717, 1.165) is 44.6 Å². The number of aromatic nitrogens is 2. The van der Waals surface area contributed by atoms with Crippen molar-refractivity contribution in [3.63, 3.8) is 0 Å². The van der Waals surface area contributed by atoms with Crippen LogP contribution in [-0.2, 0) is 0 Å². The molecule has 7 nitrogen and oxygen atoms in total. The predicted molar refractivity (Wildman–Crippen MR) is 130 cm³/mol. The van der Waals surface area contributed by atoms with Gasteiger partial charge in [-0.25, -0.2) is 9.97 Å². The van der Waals surface area contributed by atoms with E-state index in [1.165, 1.54) is 30.8 Å². The van der Waals surface area contributed by atoms with Crippen LogP contribution in [0.3, 0.4) is 0 Å². The van der Waals surface area contributed by atoms with Crippen molar-refractivity contribution in [2.45, 2.75) is 18.9 Å². The molecule has 9 heteroatoms. The van der Waals surface area contributed by atoms with Crippen LogP contribution in [0.4, 0.5) is 5.95 Å². The fourth-order valence-electron chi connectivity index (χ4n) is 4.04. The highest BCUT2D eigenvalue weighted by molar-refractivity contribution is 14.0. The largest absolute Gasteiger partial charge is 0.354 e. The summed E-state index contributed by atoms with van der Waals surface area (Å²) >= 11 is 1.85. The quantitative estimate of drug-likeness (QED) is 0.367. The molecule has 2 aromatic heterocycles. The van der Waals surface area contributed by atoms with Gasteiger partial charge >= 0.3 is 0 Å². The van der Waals surface area contributed by atoms with Crippen LogP contribution in [0.2, 0.25) is 0 Å². The number of thiophene rings is 1. The first kappa shape index (κ1) is 22.2. The maximum absolute atomic E-state index is 4.56. The molecule has 0 radical (unpaired) electrons. The zero-order chi connectivity index (χ0) is 19.2. The molecule has 2 saturated heterocycles. The fourth-order valence-corrected chi connectivity index (χ4v) is 4.90. The first-order valence-electron chi connectivity index (χ1n) is 10.1. The number of nitrogens with one attached hydrogen (secondary N) is 1. The van der Waals surface area contributed by atoms with Crippen molar-refractivity contribution in [3.05, 3.63) is 40.8 Å². The van der Waals surface area contributed by atoms with Crippen molar-refractivity contribution in [1.29, 1.82) is 0 Å². The van der Waals surface area contributed by atoms with Gasteiger partial charge in [-0.2, -0.15) is 0 Å². The third-order valence-electron chi connectivity index (χ3n) is 5.53. The highest BCUT2D eigenvalue weighted by atomic mass is 127. The highest BCUT2D eigenvalue weighted by Gasteiger charge is 2.26. The second-order valence-electron chi connectivity index (χ2n) is 7.23. The molecule has 4 heterocycles. The summed E-state index contributed by atoms with van der Waals surface area (Å²) in [7, 11) is 1.88. The standard InChI is InChI=1S/C20H29N7S.HI/c1-21-19(26-11-13-27(14-12-26)20-22-7-5-8-23-20)24-16-17(18-6-4-15-28-18)25-9-2-3-10-25;/h4-8,15,17H,2-3,9-14,16H2,1H3,(H,21,24);1H. The Hall–Kier alpha value is -1.46. The first-order chi connectivity index (χ1) is 13.8. The van der Waals surface area contributed by atoms with Gasteiger partial charge in [-0.1, -0.05) is 6.07 Å². The molecule has 2 aromatic rings. The Bertz CT molecular complexity index is 741. The number of guanidine groups is 1. The van der Waals surface area contributed by atoms with E-state index < -0.39 is 0 Å². The van der Waals surface area contributed by atoms with Gasteiger partial charge in [-0.3, -0.25) is 9.89 Å². The zero-order valence-electron chi connectivity index (χ0n) is 16.9. The maximum atomic E-state index is 4.56. The molecule has 0 aliphatic carbocycles. The van der Waals surface area contributed by atoms with E-state index in [4.69, 9.17) is 0 Å². The van der Waals surface area contributed by atoms with Crippen LogP contribution in [0.1, 0.15) is 23.8 Å². The van der Waals surface area contributed by atoms with E-state index in [2.05, 4.69) is 52.5 Å². The molecule has 4 rings (SSSR count). The predicted octanol–water partition coefficient (Wildman–Crippen LogP) is 2.69. The van der Waals surface area contributed by atoms with Gasteiger partial charge in [0.2, 0.25) is 5.95 Å². The van der Waals surface area contributed by atoms with Gasteiger partial charge in [0.05, 0.1) is 6.04 Å². The van der Waals surface area contributed by atoms with Crippen LogP contribution in [0.25, 0.3) is 0 Å². The van der Waals surface area contributed by atoms with Gasteiger partial charge in [0.15, 0.2) is 5.96 Å². The second-order valence-corrected chi connectivity index (χ2v) is 8.20. The lowest BCUT2D eigenvalue weighted by atomic mass is 10.2. The Morgan fingerprint density at radius 2 is 1.83 bits per heavy atom. The molecular weight excluding hydrogens is 497 g/mol. The first-order valence-corrected chi connectivity index (χ1v) is 11.0. The number of nitrogens with zero attached hydrogens (tertiary/aromatic N) is 6. The molecule has 29 heavy (non-hydrogen) atoms. The summed E-state index contributed by atoms with van der Waals surface area (Å²) in [5, 5.41) is 5.83. The minimum atomic E-state index is 0. The van der Waals surface area contributed by atoms with Crippen molar-refractivity contribution < 1.29 is 0 Å². The summed E-state index contributed by atoms with van der Waals surface area (Å²) in [5.41, 5.74) is 0. The van der Waals surface area contributed by atoms with Crippen LogP contribution >= 0.6 is 35.3 Å². The number of halogens is 1. The number of rotatable bonds is 5. The number of piperazine rings is 1. The highest BCUT2D eigenvalue weighted by Crippen LogP contribution is 2.27. The smallest absolute Gasteiger partial charge is 0.225 e. The maximum Gasteiger partial charge on any atom is 0.225 e. The van der Waals surface area contributed by atoms with Crippen molar-refractivity contribution in [1.82, 2.24) is 25.1 Å². The van der Waals surface area contributed by atoms with Crippen LogP contribution in [0.5, 0.6) is 0 Å². The molecule has 2 fully saturated rings. The summed E-state index contributed by atoms with van der Waals surface area (Å²) in [5.74, 6) is 1.81. The molecule has 158 valence electrons. The van der Waals surface area contributed by atoms with E-state index in [1.807, 2.05) is 24.5 Å². The number of aliphatic imine (C=N–C) groups is 1. The summed E-state index contributed by atoms with van der Waals surface area (Å²) in [4.78, 5) is 21.9.